The van der Waals surface area contributed by atoms with Gasteiger partial charge < -0.3 is 28.6 Å². The van der Waals surface area contributed by atoms with E-state index in [-0.39, 0.29) is 24.4 Å². The second-order valence-electron chi connectivity index (χ2n) is 15.7. The Balaban J connectivity index is 0.000000184. The number of nitrogens with zero attached hydrogens (tertiary/aromatic N) is 6. The molecule has 0 aliphatic heterocycles. The quantitative estimate of drug-likeness (QED) is 0.110. The van der Waals surface area contributed by atoms with Crippen LogP contribution in [0.4, 0.5) is 4.39 Å². The molecular formula is C48H48FN7O5. The van der Waals surface area contributed by atoms with Crippen LogP contribution in [-0.2, 0) is 17.6 Å². The maximum Gasteiger partial charge on any atom is 0.258 e. The Kier molecular flexibility index (Phi) is 12.9. The minimum atomic E-state index is -0.886. The number of ether oxygens (including phenoxy) is 3. The topological polar surface area (TPSA) is 165 Å². The fourth-order valence-corrected chi connectivity index (χ4v) is 7.69. The van der Waals surface area contributed by atoms with Gasteiger partial charge in [-0.15, -0.1) is 0 Å². The molecule has 8 rings (SSSR count). The lowest BCUT2D eigenvalue weighted by molar-refractivity contribution is 0.121. The molecule has 0 radical (unpaired) electrons. The van der Waals surface area contributed by atoms with Crippen molar-refractivity contribution < 1.29 is 27.6 Å². The summed E-state index contributed by atoms with van der Waals surface area (Å²) in [6.45, 7) is 15.3. The summed E-state index contributed by atoms with van der Waals surface area (Å²) in [5, 5.41) is 30.6. The summed E-state index contributed by atoms with van der Waals surface area (Å²) in [6.07, 6.45) is 2.63. The monoisotopic (exact) mass is 821 g/mol. The van der Waals surface area contributed by atoms with E-state index in [1.165, 1.54) is 5.56 Å². The van der Waals surface area contributed by atoms with Gasteiger partial charge in [-0.3, -0.25) is 0 Å². The highest BCUT2D eigenvalue weighted by Crippen LogP contribution is 2.41. The first kappa shape index (κ1) is 42.3. The summed E-state index contributed by atoms with van der Waals surface area (Å²) in [4.78, 5) is 9.18. The third-order valence-corrected chi connectivity index (χ3v) is 10.2. The number of rotatable bonds is 13. The number of fused-ring (bicyclic) bond motifs is 2. The Hall–Kier alpha value is -6.83. The minimum absolute atomic E-state index is 0.00973. The Morgan fingerprint density at radius 2 is 1.28 bits per heavy atom. The van der Waals surface area contributed by atoms with Gasteiger partial charge in [0.1, 0.15) is 35.9 Å². The Labute approximate surface area is 355 Å². The number of hydrogen-bond acceptors (Lipinski definition) is 12. The van der Waals surface area contributed by atoms with Gasteiger partial charge in [-0.2, -0.15) is 20.5 Å². The highest BCUT2D eigenvalue weighted by molar-refractivity contribution is 5.68. The molecule has 2 aliphatic rings. The molecule has 0 fully saturated rings. The van der Waals surface area contributed by atoms with Gasteiger partial charge in [0.2, 0.25) is 11.6 Å². The highest BCUT2D eigenvalue weighted by atomic mass is 19.1. The maximum absolute atomic E-state index is 13.3. The number of hydrogen-bond donors (Lipinski definition) is 1. The second kappa shape index (κ2) is 18.6. The summed E-state index contributed by atoms with van der Waals surface area (Å²) in [5.41, 5.74) is 8.69. The van der Waals surface area contributed by atoms with Crippen LogP contribution in [0.15, 0.2) is 94.2 Å². The van der Waals surface area contributed by atoms with Crippen LogP contribution in [0.2, 0.25) is 0 Å². The van der Waals surface area contributed by atoms with Crippen molar-refractivity contribution >= 4 is 0 Å². The van der Waals surface area contributed by atoms with Crippen LogP contribution in [0.1, 0.15) is 99.9 Å². The Morgan fingerprint density at radius 1 is 0.770 bits per heavy atom. The maximum atomic E-state index is 13.3. The van der Waals surface area contributed by atoms with Gasteiger partial charge in [-0.1, -0.05) is 53.3 Å². The number of nitrogens with one attached hydrogen (secondary N) is 1. The van der Waals surface area contributed by atoms with E-state index >= 15 is 0 Å². The number of aromatic nitrogens is 4. The van der Waals surface area contributed by atoms with E-state index in [1.807, 2.05) is 71.0 Å². The van der Waals surface area contributed by atoms with E-state index in [9.17, 15) is 14.9 Å². The van der Waals surface area contributed by atoms with Gasteiger partial charge >= 0.3 is 0 Å². The van der Waals surface area contributed by atoms with Crippen LogP contribution in [0.25, 0.3) is 45.7 Å². The SMILES string of the molecule is C=C(C)O[C@@H]1CCc2c(-c3noc(-c4ccc(OC(C)C)c(C#N)c4)n3)cccc21.CC(F)CN[C@@H]1CCc2c(-c3noc(-c4ccc(OC(C)C)c(C#N)c4)n3)cccc21. The van der Waals surface area contributed by atoms with Crippen molar-refractivity contribution in [2.45, 2.75) is 97.8 Å². The zero-order chi connectivity index (χ0) is 43.2. The molecule has 0 amide bonds. The van der Waals surface area contributed by atoms with E-state index in [0.29, 0.717) is 69.5 Å². The third-order valence-electron chi connectivity index (χ3n) is 10.2. The first-order chi connectivity index (χ1) is 29.4. The lowest BCUT2D eigenvalue weighted by atomic mass is 10.0. The molecule has 6 aromatic rings. The largest absolute Gasteiger partial charge is 0.491 e. The van der Waals surface area contributed by atoms with Crippen LogP contribution < -0.4 is 14.8 Å². The molecule has 1 N–H and O–H groups in total. The van der Waals surface area contributed by atoms with Crippen molar-refractivity contribution in [2.24, 2.45) is 0 Å². The van der Waals surface area contributed by atoms with Crippen molar-refractivity contribution in [3.05, 3.63) is 119 Å². The summed E-state index contributed by atoms with van der Waals surface area (Å²) >= 11 is 0. The summed E-state index contributed by atoms with van der Waals surface area (Å²) in [6, 6.07) is 27.1. The van der Waals surface area contributed by atoms with E-state index in [1.54, 1.807) is 31.2 Å². The summed E-state index contributed by atoms with van der Waals surface area (Å²) in [7, 11) is 0. The van der Waals surface area contributed by atoms with Crippen LogP contribution in [-0.4, -0.2) is 45.2 Å². The lowest BCUT2D eigenvalue weighted by Gasteiger charge is -2.15. The minimum Gasteiger partial charge on any atom is -0.491 e. The molecule has 2 aliphatic carbocycles. The average molecular weight is 822 g/mol. The first-order valence-electron chi connectivity index (χ1n) is 20.5. The van der Waals surface area contributed by atoms with Crippen molar-refractivity contribution in [1.82, 2.24) is 25.6 Å². The fraction of sp³-hybridized carbons (Fsp3) is 0.333. The predicted molar refractivity (Wildman–Crippen MR) is 228 cm³/mol. The molecule has 2 aromatic heterocycles. The summed E-state index contributed by atoms with van der Waals surface area (Å²) in [5.74, 6) is 3.52. The first-order valence-corrected chi connectivity index (χ1v) is 20.5. The van der Waals surface area contributed by atoms with Gasteiger partial charge in [-0.05, 0) is 126 Å². The molecule has 312 valence electrons. The zero-order valence-corrected chi connectivity index (χ0v) is 35.2. The van der Waals surface area contributed by atoms with Crippen molar-refractivity contribution in [3.63, 3.8) is 0 Å². The molecule has 0 bridgehead atoms. The Morgan fingerprint density at radius 3 is 1.77 bits per heavy atom. The zero-order valence-electron chi connectivity index (χ0n) is 35.2. The van der Waals surface area contributed by atoms with Gasteiger partial charge in [0.05, 0.1) is 29.1 Å². The number of nitriles is 2. The molecule has 0 saturated heterocycles. The molecular weight excluding hydrogens is 774 g/mol. The van der Waals surface area contributed by atoms with Gasteiger partial charge in [0, 0.05) is 34.8 Å². The van der Waals surface area contributed by atoms with Crippen molar-refractivity contribution in [1.29, 1.82) is 10.5 Å². The van der Waals surface area contributed by atoms with Crippen LogP contribution in [0, 0.1) is 22.7 Å². The van der Waals surface area contributed by atoms with Gasteiger partial charge in [0.15, 0.2) is 0 Å². The summed E-state index contributed by atoms with van der Waals surface area (Å²) < 4.78 is 41.5. The Bertz CT molecular complexity index is 2620. The number of allylic oxidation sites excluding steroid dienone is 1. The molecule has 13 heteroatoms. The molecule has 1 unspecified atom stereocenters. The van der Waals surface area contributed by atoms with Crippen molar-refractivity contribution in [3.8, 4) is 69.3 Å². The van der Waals surface area contributed by atoms with Gasteiger partial charge in [-0.25, -0.2) is 4.39 Å². The van der Waals surface area contributed by atoms with E-state index < -0.39 is 6.17 Å². The lowest BCUT2D eigenvalue weighted by Crippen LogP contribution is -2.25. The molecule has 4 aromatic carbocycles. The van der Waals surface area contributed by atoms with Crippen LogP contribution in [0.5, 0.6) is 11.5 Å². The van der Waals surface area contributed by atoms with Crippen LogP contribution in [0.3, 0.4) is 0 Å². The molecule has 0 spiro atoms. The van der Waals surface area contributed by atoms with E-state index in [0.717, 1.165) is 53.5 Å². The second-order valence-corrected chi connectivity index (χ2v) is 15.7. The molecule has 12 nitrogen and oxygen atoms in total. The molecule has 0 saturated carbocycles. The smallest absolute Gasteiger partial charge is 0.258 e. The fourth-order valence-electron chi connectivity index (χ4n) is 7.69. The molecule has 3 atom stereocenters. The van der Waals surface area contributed by atoms with Crippen molar-refractivity contribution in [2.75, 3.05) is 6.54 Å². The van der Waals surface area contributed by atoms with Gasteiger partial charge in [0.25, 0.3) is 11.8 Å². The van der Waals surface area contributed by atoms with Crippen LogP contribution >= 0.6 is 0 Å². The molecule has 61 heavy (non-hydrogen) atoms. The number of alkyl halides is 1. The third kappa shape index (κ3) is 9.64. The average Bonchev–Trinajstić information content (AvgIpc) is 4.07. The number of benzene rings is 4. The van der Waals surface area contributed by atoms with E-state index in [4.69, 9.17) is 23.3 Å². The predicted octanol–water partition coefficient (Wildman–Crippen LogP) is 10.6. The standard InChI is InChI=1S/C24H25FN4O2.C24H23N3O3/c1-14(2)30-22-10-7-16(11-17(22)12-26)24-28-23(29-31-24)20-6-4-5-19-18(20)8-9-21(19)27-13-15(3)25;1-14(2)28-21-10-8-16(12-17(21)13-25)24-26-23(27-30-24)20-7-5-6-19-18(20)9-11-22(19)29-15(3)4/h4-7,10-11,14-15,21,27H,8-9,13H2,1-3H3;5-8,10,12,14,22H,3,9,11H2,1-2,4H3/t15?,21-;22-/m11/s1. The van der Waals surface area contributed by atoms with E-state index in [2.05, 4.69) is 56.4 Å². The molecule has 2 heterocycles. The highest BCUT2D eigenvalue weighted by Gasteiger charge is 2.29. The normalized spacial score (nSPS) is 15.6. The number of halogens is 1.